The summed E-state index contributed by atoms with van der Waals surface area (Å²) in [5.41, 5.74) is 2.26. The lowest BCUT2D eigenvalue weighted by molar-refractivity contribution is 0.624. The Balaban J connectivity index is 1.83. The van der Waals surface area contributed by atoms with E-state index in [4.69, 9.17) is 10.5 Å². The van der Waals surface area contributed by atoms with E-state index in [0.717, 1.165) is 17.1 Å². The molecule has 0 atom stereocenters. The number of nitrogens with one attached hydrogen (secondary N) is 1. The SMILES string of the molecule is N#Cc1ccccc1CSCCNc1cccc(F)c1C#N. The molecule has 22 heavy (non-hydrogen) atoms. The maximum atomic E-state index is 13.4. The number of anilines is 1. The summed E-state index contributed by atoms with van der Waals surface area (Å²) in [4.78, 5) is 0. The first-order valence-corrected chi connectivity index (χ1v) is 7.90. The molecule has 0 aliphatic rings. The summed E-state index contributed by atoms with van der Waals surface area (Å²) in [7, 11) is 0. The van der Waals surface area contributed by atoms with Crippen LogP contribution in [0.4, 0.5) is 10.1 Å². The van der Waals surface area contributed by atoms with Crippen LogP contribution in [0.15, 0.2) is 42.5 Å². The third kappa shape index (κ3) is 4.00. The molecule has 0 aliphatic carbocycles. The van der Waals surface area contributed by atoms with E-state index < -0.39 is 5.82 Å². The quantitative estimate of drug-likeness (QED) is 0.822. The number of thioether (sulfide) groups is 1. The van der Waals surface area contributed by atoms with E-state index in [-0.39, 0.29) is 5.56 Å². The van der Waals surface area contributed by atoms with E-state index in [2.05, 4.69) is 11.4 Å². The van der Waals surface area contributed by atoms with Crippen LogP contribution in [0.1, 0.15) is 16.7 Å². The third-order valence-corrected chi connectivity index (χ3v) is 4.09. The van der Waals surface area contributed by atoms with Crippen molar-refractivity contribution in [2.45, 2.75) is 5.75 Å². The maximum Gasteiger partial charge on any atom is 0.143 e. The number of nitriles is 2. The van der Waals surface area contributed by atoms with Crippen LogP contribution in [0.3, 0.4) is 0 Å². The van der Waals surface area contributed by atoms with Gasteiger partial charge in [0.05, 0.1) is 17.3 Å². The van der Waals surface area contributed by atoms with Gasteiger partial charge in [-0.1, -0.05) is 24.3 Å². The first kappa shape index (κ1) is 15.9. The minimum atomic E-state index is -0.511. The van der Waals surface area contributed by atoms with Crippen molar-refractivity contribution >= 4 is 17.4 Å². The van der Waals surface area contributed by atoms with E-state index in [1.165, 1.54) is 6.07 Å². The Hall–Kier alpha value is -2.50. The minimum Gasteiger partial charge on any atom is -0.383 e. The van der Waals surface area contributed by atoms with Gasteiger partial charge in [-0.2, -0.15) is 22.3 Å². The predicted molar refractivity (Wildman–Crippen MR) is 86.9 cm³/mol. The lowest BCUT2D eigenvalue weighted by Gasteiger charge is -2.09. The molecular formula is C17H14FN3S. The molecule has 2 aromatic carbocycles. The number of hydrogen-bond acceptors (Lipinski definition) is 4. The van der Waals surface area contributed by atoms with Gasteiger partial charge in [0.25, 0.3) is 0 Å². The second-order valence-electron chi connectivity index (χ2n) is 4.52. The number of halogens is 1. The monoisotopic (exact) mass is 311 g/mol. The number of benzene rings is 2. The molecule has 0 spiro atoms. The van der Waals surface area contributed by atoms with E-state index in [1.807, 2.05) is 24.3 Å². The zero-order chi connectivity index (χ0) is 15.8. The molecule has 2 rings (SSSR count). The molecule has 3 nitrogen and oxygen atoms in total. The zero-order valence-electron chi connectivity index (χ0n) is 11.8. The normalized spacial score (nSPS) is 9.77. The standard InChI is InChI=1S/C17H14FN3S/c18-16-6-3-7-17(15(16)11-20)21-8-9-22-12-14-5-2-1-4-13(14)10-19/h1-7,21H,8-9,12H2. The molecule has 110 valence electrons. The van der Waals surface area contributed by atoms with Gasteiger partial charge in [0, 0.05) is 18.1 Å². The van der Waals surface area contributed by atoms with Gasteiger partial charge < -0.3 is 5.32 Å². The molecule has 0 saturated carbocycles. The lowest BCUT2D eigenvalue weighted by Crippen LogP contribution is -2.06. The average molecular weight is 311 g/mol. The summed E-state index contributed by atoms with van der Waals surface area (Å²) in [5, 5.41) is 21.0. The van der Waals surface area contributed by atoms with E-state index >= 15 is 0 Å². The summed E-state index contributed by atoms with van der Waals surface area (Å²) < 4.78 is 13.4. The molecular weight excluding hydrogens is 297 g/mol. The van der Waals surface area contributed by atoms with Crippen molar-refractivity contribution in [3.63, 3.8) is 0 Å². The topological polar surface area (TPSA) is 59.6 Å². The molecule has 0 aromatic heterocycles. The van der Waals surface area contributed by atoms with Crippen LogP contribution in [-0.2, 0) is 5.75 Å². The van der Waals surface area contributed by atoms with Crippen LogP contribution in [0.5, 0.6) is 0 Å². The molecule has 0 heterocycles. The van der Waals surface area contributed by atoms with Gasteiger partial charge in [-0.15, -0.1) is 0 Å². The maximum absolute atomic E-state index is 13.4. The number of rotatable bonds is 6. The van der Waals surface area contributed by atoms with Crippen molar-refractivity contribution in [3.8, 4) is 12.1 Å². The molecule has 0 fully saturated rings. The second kappa shape index (κ2) is 8.07. The second-order valence-corrected chi connectivity index (χ2v) is 5.63. The van der Waals surface area contributed by atoms with Crippen molar-refractivity contribution < 1.29 is 4.39 Å². The molecule has 5 heteroatoms. The van der Waals surface area contributed by atoms with Crippen LogP contribution in [0.2, 0.25) is 0 Å². The fourth-order valence-electron chi connectivity index (χ4n) is 1.98. The molecule has 1 N–H and O–H groups in total. The predicted octanol–water partition coefficient (Wildman–Crippen LogP) is 3.91. The van der Waals surface area contributed by atoms with E-state index in [9.17, 15) is 4.39 Å². The van der Waals surface area contributed by atoms with Gasteiger partial charge >= 0.3 is 0 Å². The van der Waals surface area contributed by atoms with Crippen LogP contribution in [-0.4, -0.2) is 12.3 Å². The molecule has 0 amide bonds. The first-order valence-electron chi connectivity index (χ1n) is 6.74. The van der Waals surface area contributed by atoms with Crippen LogP contribution in [0, 0.1) is 28.5 Å². The summed E-state index contributed by atoms with van der Waals surface area (Å²) in [5.74, 6) is 1.03. The smallest absolute Gasteiger partial charge is 0.143 e. The molecule has 0 unspecified atom stereocenters. The summed E-state index contributed by atoms with van der Waals surface area (Å²) in [6, 6.07) is 16.1. The Morgan fingerprint density at radius 1 is 1.05 bits per heavy atom. The van der Waals surface area contributed by atoms with Crippen molar-refractivity contribution in [2.75, 3.05) is 17.6 Å². The van der Waals surface area contributed by atoms with E-state index in [1.54, 1.807) is 30.0 Å². The van der Waals surface area contributed by atoms with Gasteiger partial charge in [0.15, 0.2) is 0 Å². The molecule has 0 saturated heterocycles. The fraction of sp³-hybridized carbons (Fsp3) is 0.176. The van der Waals surface area contributed by atoms with Crippen LogP contribution < -0.4 is 5.32 Å². The fourth-order valence-corrected chi connectivity index (χ4v) is 2.84. The Morgan fingerprint density at radius 2 is 1.86 bits per heavy atom. The zero-order valence-corrected chi connectivity index (χ0v) is 12.7. The Labute approximate surface area is 133 Å². The van der Waals surface area contributed by atoms with Crippen molar-refractivity contribution in [1.29, 1.82) is 10.5 Å². The lowest BCUT2D eigenvalue weighted by atomic mass is 10.1. The molecule has 0 aliphatic heterocycles. The van der Waals surface area contributed by atoms with Crippen molar-refractivity contribution in [3.05, 3.63) is 65.0 Å². The van der Waals surface area contributed by atoms with Gasteiger partial charge in [-0.25, -0.2) is 4.39 Å². The van der Waals surface area contributed by atoms with Crippen molar-refractivity contribution in [1.82, 2.24) is 0 Å². The van der Waals surface area contributed by atoms with Crippen LogP contribution >= 0.6 is 11.8 Å². The third-order valence-electron chi connectivity index (χ3n) is 3.08. The molecule has 0 bridgehead atoms. The first-order chi connectivity index (χ1) is 10.8. The highest BCUT2D eigenvalue weighted by Gasteiger charge is 2.06. The van der Waals surface area contributed by atoms with Crippen LogP contribution in [0.25, 0.3) is 0 Å². The Morgan fingerprint density at radius 3 is 2.64 bits per heavy atom. The van der Waals surface area contributed by atoms with Gasteiger partial charge in [-0.3, -0.25) is 0 Å². The van der Waals surface area contributed by atoms with Gasteiger partial charge in [-0.05, 0) is 23.8 Å². The summed E-state index contributed by atoms with van der Waals surface area (Å²) in [6.07, 6.45) is 0. The van der Waals surface area contributed by atoms with Gasteiger partial charge in [0.1, 0.15) is 17.4 Å². The highest BCUT2D eigenvalue weighted by atomic mass is 32.2. The summed E-state index contributed by atoms with van der Waals surface area (Å²) in [6.45, 7) is 0.623. The molecule has 2 aromatic rings. The Bertz CT molecular complexity index is 731. The Kier molecular flexibility index (Phi) is 5.82. The van der Waals surface area contributed by atoms with Gasteiger partial charge in [0.2, 0.25) is 0 Å². The highest BCUT2D eigenvalue weighted by Crippen LogP contribution is 2.19. The average Bonchev–Trinajstić information content (AvgIpc) is 2.55. The number of hydrogen-bond donors (Lipinski definition) is 1. The molecule has 0 radical (unpaired) electrons. The minimum absolute atomic E-state index is 0.0438. The highest BCUT2D eigenvalue weighted by molar-refractivity contribution is 7.98. The summed E-state index contributed by atoms with van der Waals surface area (Å²) >= 11 is 1.68. The van der Waals surface area contributed by atoms with E-state index in [0.29, 0.717) is 17.8 Å². The van der Waals surface area contributed by atoms with Crippen molar-refractivity contribution in [2.24, 2.45) is 0 Å². The largest absolute Gasteiger partial charge is 0.383 e. The number of nitrogens with zero attached hydrogens (tertiary/aromatic N) is 2.